The van der Waals surface area contributed by atoms with Crippen molar-refractivity contribution in [3.05, 3.63) is 28.8 Å². The van der Waals surface area contributed by atoms with E-state index in [9.17, 15) is 8.42 Å². The maximum atomic E-state index is 11.9. The lowest BCUT2D eigenvalue weighted by Gasteiger charge is -2.08. The molecule has 2 N–H and O–H groups in total. The van der Waals surface area contributed by atoms with Crippen molar-refractivity contribution in [1.29, 1.82) is 5.26 Å². The van der Waals surface area contributed by atoms with Crippen LogP contribution in [0.15, 0.2) is 23.1 Å². The maximum Gasteiger partial charge on any atom is 0.241 e. The number of halogens is 1. The van der Waals surface area contributed by atoms with Gasteiger partial charge in [0.05, 0.1) is 5.56 Å². The average molecular weight is 274 g/mol. The normalized spacial score (nSPS) is 11.1. The number of likely N-dealkylation sites (N-methyl/N-ethyl adjacent to an activating group) is 1. The molecule has 0 saturated heterocycles. The summed E-state index contributed by atoms with van der Waals surface area (Å²) in [5.74, 6) is 0. The molecule has 17 heavy (non-hydrogen) atoms. The van der Waals surface area contributed by atoms with Gasteiger partial charge in [-0.2, -0.15) is 5.26 Å². The predicted molar refractivity (Wildman–Crippen MR) is 65.3 cm³/mol. The first kappa shape index (κ1) is 13.9. The van der Waals surface area contributed by atoms with Gasteiger partial charge in [-0.3, -0.25) is 0 Å². The van der Waals surface area contributed by atoms with E-state index in [1.807, 2.05) is 6.07 Å². The molecule has 0 aliphatic carbocycles. The van der Waals surface area contributed by atoms with Gasteiger partial charge in [0.25, 0.3) is 0 Å². The number of rotatable bonds is 5. The molecular weight excluding hydrogens is 262 g/mol. The highest BCUT2D eigenvalue weighted by Crippen LogP contribution is 2.19. The fourth-order valence-corrected chi connectivity index (χ4v) is 2.65. The largest absolute Gasteiger partial charge is 0.318 e. The molecule has 1 aromatic carbocycles. The zero-order valence-corrected chi connectivity index (χ0v) is 10.8. The van der Waals surface area contributed by atoms with Crippen molar-refractivity contribution in [2.45, 2.75) is 4.90 Å². The summed E-state index contributed by atoms with van der Waals surface area (Å²) in [5, 5.41) is 11.9. The summed E-state index contributed by atoms with van der Waals surface area (Å²) < 4.78 is 26.2. The lowest BCUT2D eigenvalue weighted by Crippen LogP contribution is -2.30. The van der Waals surface area contributed by atoms with Crippen LogP contribution in [-0.2, 0) is 10.0 Å². The Morgan fingerprint density at radius 2 is 2.12 bits per heavy atom. The van der Waals surface area contributed by atoms with Crippen LogP contribution in [-0.4, -0.2) is 28.6 Å². The molecule has 0 fully saturated rings. The Hall–Kier alpha value is -1.13. The molecule has 0 aromatic heterocycles. The first-order valence-electron chi connectivity index (χ1n) is 4.85. The van der Waals surface area contributed by atoms with E-state index in [2.05, 4.69) is 10.0 Å². The molecule has 0 spiro atoms. The van der Waals surface area contributed by atoms with Crippen molar-refractivity contribution >= 4 is 21.6 Å². The highest BCUT2D eigenvalue weighted by Gasteiger charge is 2.18. The number of nitrogens with one attached hydrogen (secondary N) is 2. The molecule has 0 aliphatic heterocycles. The molecule has 92 valence electrons. The van der Waals surface area contributed by atoms with E-state index >= 15 is 0 Å². The fraction of sp³-hybridized carbons (Fsp3) is 0.300. The van der Waals surface area contributed by atoms with Crippen LogP contribution >= 0.6 is 11.6 Å². The van der Waals surface area contributed by atoms with Crippen LogP contribution in [0.3, 0.4) is 0 Å². The Kier molecular flexibility index (Phi) is 4.90. The summed E-state index contributed by atoms with van der Waals surface area (Å²) in [6.45, 7) is 0.748. The SMILES string of the molecule is CNCCNS(=O)(=O)c1cc(Cl)ccc1C#N. The fourth-order valence-electron chi connectivity index (χ4n) is 1.20. The molecule has 0 heterocycles. The van der Waals surface area contributed by atoms with Crippen molar-refractivity contribution in [2.75, 3.05) is 20.1 Å². The first-order valence-corrected chi connectivity index (χ1v) is 6.71. The van der Waals surface area contributed by atoms with Gasteiger partial charge in [0, 0.05) is 18.1 Å². The van der Waals surface area contributed by atoms with Crippen LogP contribution in [0.25, 0.3) is 0 Å². The van der Waals surface area contributed by atoms with Gasteiger partial charge in [0.15, 0.2) is 0 Å². The minimum absolute atomic E-state index is 0.0753. The van der Waals surface area contributed by atoms with Gasteiger partial charge >= 0.3 is 0 Å². The summed E-state index contributed by atoms with van der Waals surface area (Å²) in [6, 6.07) is 5.95. The quantitative estimate of drug-likeness (QED) is 0.774. The van der Waals surface area contributed by atoms with Crippen molar-refractivity contribution in [3.63, 3.8) is 0 Å². The molecule has 0 aliphatic rings. The van der Waals surface area contributed by atoms with Gasteiger partial charge in [-0.1, -0.05) is 11.6 Å². The van der Waals surface area contributed by atoms with Crippen molar-refractivity contribution < 1.29 is 8.42 Å². The summed E-state index contributed by atoms with van der Waals surface area (Å²) in [5.41, 5.74) is 0.0753. The smallest absolute Gasteiger partial charge is 0.241 e. The van der Waals surface area contributed by atoms with E-state index in [0.29, 0.717) is 6.54 Å². The number of benzene rings is 1. The van der Waals surface area contributed by atoms with Crippen LogP contribution in [0.4, 0.5) is 0 Å². The van der Waals surface area contributed by atoms with Gasteiger partial charge in [0.1, 0.15) is 11.0 Å². The molecule has 0 unspecified atom stereocenters. The van der Waals surface area contributed by atoms with Crippen molar-refractivity contribution in [1.82, 2.24) is 10.0 Å². The van der Waals surface area contributed by atoms with Crippen LogP contribution in [0.5, 0.6) is 0 Å². The predicted octanol–water partition coefficient (Wildman–Crippen LogP) is 0.709. The summed E-state index contributed by atoms with van der Waals surface area (Å²) in [4.78, 5) is -0.0939. The van der Waals surface area contributed by atoms with E-state index < -0.39 is 10.0 Å². The van der Waals surface area contributed by atoms with Gasteiger partial charge in [-0.15, -0.1) is 0 Å². The summed E-state index contributed by atoms with van der Waals surface area (Å²) in [7, 11) is -1.98. The Morgan fingerprint density at radius 1 is 1.41 bits per heavy atom. The highest BCUT2D eigenvalue weighted by atomic mass is 35.5. The monoisotopic (exact) mass is 273 g/mol. The van der Waals surface area contributed by atoms with Crippen molar-refractivity contribution in [3.8, 4) is 6.07 Å². The number of nitrogens with zero attached hydrogens (tertiary/aromatic N) is 1. The zero-order valence-electron chi connectivity index (χ0n) is 9.20. The average Bonchev–Trinajstić information content (AvgIpc) is 2.29. The third-order valence-electron chi connectivity index (χ3n) is 2.02. The second-order valence-corrected chi connectivity index (χ2v) is 5.43. The third kappa shape index (κ3) is 3.68. The maximum absolute atomic E-state index is 11.9. The van der Waals surface area contributed by atoms with Gasteiger partial charge < -0.3 is 5.32 Å². The van der Waals surface area contributed by atoms with E-state index in [1.54, 1.807) is 7.05 Å². The van der Waals surface area contributed by atoms with E-state index in [-0.39, 0.29) is 22.0 Å². The number of hydrogen-bond acceptors (Lipinski definition) is 4. The molecule has 7 heteroatoms. The van der Waals surface area contributed by atoms with Crippen LogP contribution in [0.2, 0.25) is 5.02 Å². The number of hydrogen-bond donors (Lipinski definition) is 2. The van der Waals surface area contributed by atoms with Gasteiger partial charge in [0.2, 0.25) is 10.0 Å². The highest BCUT2D eigenvalue weighted by molar-refractivity contribution is 7.89. The Balaban J connectivity index is 3.06. The lowest BCUT2D eigenvalue weighted by atomic mass is 10.2. The second kappa shape index (κ2) is 5.98. The molecular formula is C10H12ClN3O2S. The molecule has 0 radical (unpaired) electrons. The Labute approximate surface area is 105 Å². The minimum atomic E-state index is -3.69. The van der Waals surface area contributed by atoms with Gasteiger partial charge in [-0.05, 0) is 25.2 Å². The molecule has 1 rings (SSSR count). The van der Waals surface area contributed by atoms with Crippen LogP contribution < -0.4 is 10.0 Å². The Morgan fingerprint density at radius 3 is 2.71 bits per heavy atom. The molecule has 0 saturated carbocycles. The zero-order chi connectivity index (χ0) is 12.9. The number of nitriles is 1. The third-order valence-corrected chi connectivity index (χ3v) is 3.76. The topological polar surface area (TPSA) is 82.0 Å². The van der Waals surface area contributed by atoms with Crippen LogP contribution in [0, 0.1) is 11.3 Å². The molecule has 0 amide bonds. The second-order valence-electron chi connectivity index (χ2n) is 3.25. The standard InChI is InChI=1S/C10H12ClN3O2S/c1-13-4-5-14-17(15,16)10-6-9(11)3-2-8(10)7-12/h2-3,6,13-14H,4-5H2,1H3. The van der Waals surface area contributed by atoms with Gasteiger partial charge in [-0.25, -0.2) is 13.1 Å². The molecule has 1 aromatic rings. The molecule has 0 bridgehead atoms. The lowest BCUT2D eigenvalue weighted by molar-refractivity contribution is 0.579. The summed E-state index contributed by atoms with van der Waals surface area (Å²) >= 11 is 5.73. The summed E-state index contributed by atoms with van der Waals surface area (Å²) in [6.07, 6.45) is 0. The molecule has 0 atom stereocenters. The van der Waals surface area contributed by atoms with E-state index in [1.165, 1.54) is 18.2 Å². The number of sulfonamides is 1. The van der Waals surface area contributed by atoms with Crippen LogP contribution in [0.1, 0.15) is 5.56 Å². The Bertz CT molecular complexity index is 537. The van der Waals surface area contributed by atoms with E-state index in [0.717, 1.165) is 0 Å². The first-order chi connectivity index (χ1) is 8.01. The van der Waals surface area contributed by atoms with Crippen molar-refractivity contribution in [2.24, 2.45) is 0 Å². The minimum Gasteiger partial charge on any atom is -0.318 e. The molecule has 5 nitrogen and oxygen atoms in total. The van der Waals surface area contributed by atoms with E-state index in [4.69, 9.17) is 16.9 Å².